The van der Waals surface area contributed by atoms with Crippen molar-refractivity contribution in [2.75, 3.05) is 32.8 Å². The third-order valence-corrected chi connectivity index (χ3v) is 5.95. The number of amides is 1. The highest BCUT2D eigenvalue weighted by Gasteiger charge is 2.45. The highest BCUT2D eigenvalue weighted by atomic mass is 19.4. The van der Waals surface area contributed by atoms with Crippen LogP contribution in [0, 0.1) is 19.3 Å². The van der Waals surface area contributed by atoms with Crippen molar-refractivity contribution in [3.63, 3.8) is 0 Å². The Kier molecular flexibility index (Phi) is 7.98. The number of halogens is 3. The van der Waals surface area contributed by atoms with Gasteiger partial charge in [-0.15, -0.1) is 0 Å². The summed E-state index contributed by atoms with van der Waals surface area (Å²) < 4.78 is 42.9. The zero-order valence-corrected chi connectivity index (χ0v) is 19.1. The molecule has 1 atom stereocenters. The van der Waals surface area contributed by atoms with E-state index in [4.69, 9.17) is 19.2 Å². The smallest absolute Gasteiger partial charge is 0.475 e. The maximum atomic E-state index is 12.8. The van der Waals surface area contributed by atoms with Gasteiger partial charge in [-0.05, 0) is 19.4 Å². The summed E-state index contributed by atoms with van der Waals surface area (Å²) in [5.41, 5.74) is 3.05. The number of carboxylic acids is 1. The van der Waals surface area contributed by atoms with Gasteiger partial charge >= 0.3 is 12.1 Å². The van der Waals surface area contributed by atoms with Gasteiger partial charge in [0.2, 0.25) is 5.91 Å². The third kappa shape index (κ3) is 6.57. The van der Waals surface area contributed by atoms with Gasteiger partial charge in [0.25, 0.3) is 0 Å². The number of aromatic nitrogens is 1. The first kappa shape index (κ1) is 25.7. The molecule has 2 aromatic rings. The summed E-state index contributed by atoms with van der Waals surface area (Å²) in [7, 11) is 0. The molecule has 2 aliphatic rings. The van der Waals surface area contributed by atoms with E-state index in [1.165, 1.54) is 5.56 Å². The van der Waals surface area contributed by atoms with Gasteiger partial charge in [0, 0.05) is 43.6 Å². The van der Waals surface area contributed by atoms with E-state index in [9.17, 15) is 18.0 Å². The molecule has 2 fully saturated rings. The van der Waals surface area contributed by atoms with Crippen molar-refractivity contribution in [1.82, 2.24) is 15.0 Å². The van der Waals surface area contributed by atoms with Crippen LogP contribution in [0.3, 0.4) is 0 Å². The van der Waals surface area contributed by atoms with Crippen LogP contribution >= 0.6 is 0 Å². The van der Waals surface area contributed by atoms with Gasteiger partial charge in [0.15, 0.2) is 0 Å². The van der Waals surface area contributed by atoms with Gasteiger partial charge in [-0.3, -0.25) is 9.69 Å². The van der Waals surface area contributed by atoms with Crippen molar-refractivity contribution < 1.29 is 37.1 Å². The van der Waals surface area contributed by atoms with Crippen molar-refractivity contribution in [1.29, 1.82) is 0 Å². The number of hydrogen-bond acceptors (Lipinski definition) is 6. The molecule has 2 saturated heterocycles. The lowest BCUT2D eigenvalue weighted by atomic mass is 9.87. The van der Waals surface area contributed by atoms with Crippen LogP contribution < -0.4 is 0 Å². The summed E-state index contributed by atoms with van der Waals surface area (Å²) in [5.74, 6) is -1.77. The highest BCUT2D eigenvalue weighted by Crippen LogP contribution is 2.36. The highest BCUT2D eigenvalue weighted by molar-refractivity contribution is 5.79. The first-order valence-corrected chi connectivity index (χ1v) is 10.8. The number of aliphatic carboxylic acids is 1. The molecule has 1 aromatic carbocycles. The maximum Gasteiger partial charge on any atom is 0.490 e. The third-order valence-electron chi connectivity index (χ3n) is 5.95. The molecule has 2 aliphatic heterocycles. The van der Waals surface area contributed by atoms with E-state index in [0.29, 0.717) is 26.2 Å². The predicted molar refractivity (Wildman–Crippen MR) is 115 cm³/mol. The number of ether oxygens (including phenoxy) is 1. The number of carbonyl (C=O) groups excluding carboxylic acids is 1. The maximum absolute atomic E-state index is 12.8. The van der Waals surface area contributed by atoms with Gasteiger partial charge in [0.05, 0.1) is 25.5 Å². The van der Waals surface area contributed by atoms with Crippen LogP contribution in [0.4, 0.5) is 13.2 Å². The minimum atomic E-state index is -5.08. The van der Waals surface area contributed by atoms with Crippen LogP contribution in [0.5, 0.6) is 0 Å². The Morgan fingerprint density at radius 2 is 1.85 bits per heavy atom. The number of benzene rings is 1. The van der Waals surface area contributed by atoms with Crippen LogP contribution in [0.2, 0.25) is 0 Å². The Morgan fingerprint density at radius 1 is 1.18 bits per heavy atom. The Bertz CT molecular complexity index is 976. The average Bonchev–Trinajstić information content (AvgIpc) is 3.16. The van der Waals surface area contributed by atoms with E-state index in [2.05, 4.69) is 34.3 Å². The largest absolute Gasteiger partial charge is 0.490 e. The first-order chi connectivity index (χ1) is 16.0. The second-order valence-electron chi connectivity index (χ2n) is 8.78. The number of likely N-dealkylation sites (tertiary alicyclic amines) is 1. The van der Waals surface area contributed by atoms with Crippen LogP contribution in [0.1, 0.15) is 29.0 Å². The molecule has 1 N–H and O–H groups in total. The van der Waals surface area contributed by atoms with Gasteiger partial charge in [0.1, 0.15) is 5.76 Å². The molecule has 34 heavy (non-hydrogen) atoms. The molecule has 0 radical (unpaired) electrons. The molecule has 8 nitrogen and oxygen atoms in total. The van der Waals surface area contributed by atoms with Crippen molar-refractivity contribution in [2.45, 2.75) is 39.5 Å². The van der Waals surface area contributed by atoms with Gasteiger partial charge in [-0.2, -0.15) is 13.2 Å². The molecule has 0 saturated carbocycles. The monoisotopic (exact) mass is 483 g/mol. The van der Waals surface area contributed by atoms with E-state index >= 15 is 0 Å². The zero-order chi connectivity index (χ0) is 24.9. The second kappa shape index (κ2) is 10.6. The van der Waals surface area contributed by atoms with Crippen molar-refractivity contribution in [2.24, 2.45) is 5.41 Å². The molecule has 3 heterocycles. The lowest BCUT2D eigenvalue weighted by molar-refractivity contribution is -0.192. The molecule has 1 amide bonds. The molecule has 4 rings (SSSR count). The minimum absolute atomic E-state index is 0.138. The Morgan fingerprint density at radius 3 is 2.44 bits per heavy atom. The molecule has 0 aliphatic carbocycles. The second-order valence-corrected chi connectivity index (χ2v) is 8.78. The number of carbonyl (C=O) groups is 2. The van der Waals surface area contributed by atoms with Crippen molar-refractivity contribution in [3.05, 3.63) is 52.9 Å². The van der Waals surface area contributed by atoms with E-state index < -0.39 is 12.1 Å². The fraction of sp³-hybridized carbons (Fsp3) is 0.522. The van der Waals surface area contributed by atoms with Crippen molar-refractivity contribution in [3.8, 4) is 0 Å². The van der Waals surface area contributed by atoms with Crippen LogP contribution in [0.15, 0.2) is 34.9 Å². The number of aryl methyl sites for hydroxylation is 2. The average molecular weight is 483 g/mol. The lowest BCUT2D eigenvalue weighted by Crippen LogP contribution is -2.40. The molecular weight excluding hydrogens is 455 g/mol. The van der Waals surface area contributed by atoms with Gasteiger partial charge < -0.3 is 19.3 Å². The molecule has 186 valence electrons. The number of carboxylic acid groups (broad SMARTS) is 1. The summed E-state index contributed by atoms with van der Waals surface area (Å²) in [5, 5.41) is 11.1. The SMILES string of the molecule is Cc1noc(C)c1CN1CC2(COCCN(Cc3ccccc3)C2)CC1=O.O=C(O)C(F)(F)F. The summed E-state index contributed by atoms with van der Waals surface area (Å²) in [6.07, 6.45) is -4.54. The number of nitrogens with zero attached hydrogens (tertiary/aromatic N) is 3. The Hall–Kier alpha value is -2.92. The van der Waals surface area contributed by atoms with E-state index in [-0.39, 0.29) is 11.3 Å². The van der Waals surface area contributed by atoms with E-state index in [1.54, 1.807) is 0 Å². The topological polar surface area (TPSA) is 96.1 Å². The summed E-state index contributed by atoms with van der Waals surface area (Å²) >= 11 is 0. The Labute approximate surface area is 195 Å². The first-order valence-electron chi connectivity index (χ1n) is 10.8. The fourth-order valence-corrected chi connectivity index (χ4v) is 4.30. The molecule has 1 spiro atoms. The van der Waals surface area contributed by atoms with Crippen LogP contribution in [-0.2, 0) is 27.4 Å². The number of hydrogen-bond donors (Lipinski definition) is 1. The number of alkyl halides is 3. The fourth-order valence-electron chi connectivity index (χ4n) is 4.30. The normalized spacial score (nSPS) is 21.3. The number of rotatable bonds is 4. The Balaban J connectivity index is 0.000000406. The molecular formula is C23H28F3N3O5. The molecule has 1 unspecified atom stereocenters. The molecule has 11 heteroatoms. The quantitative estimate of drug-likeness (QED) is 0.714. The predicted octanol–water partition coefficient (Wildman–Crippen LogP) is 3.18. The van der Waals surface area contributed by atoms with Gasteiger partial charge in [-0.25, -0.2) is 4.79 Å². The minimum Gasteiger partial charge on any atom is -0.475 e. The van der Waals surface area contributed by atoms with E-state index in [0.717, 1.165) is 43.2 Å². The molecule has 0 bridgehead atoms. The van der Waals surface area contributed by atoms with Crippen LogP contribution in [-0.4, -0.2) is 71.0 Å². The summed E-state index contributed by atoms with van der Waals surface area (Å²) in [6.45, 7) is 9.15. The molecule has 1 aromatic heterocycles. The summed E-state index contributed by atoms with van der Waals surface area (Å²) in [6, 6.07) is 10.5. The standard InChI is InChI=1S/C21H27N3O3.C2HF3O2/c1-16-19(17(2)27-22-16)12-24-14-21(10-20(24)25)13-23(8-9-26-15-21)11-18-6-4-3-5-7-18;3-2(4,5)1(6)7/h3-7H,8-15H2,1-2H3;(H,6,7). The van der Waals surface area contributed by atoms with Crippen molar-refractivity contribution >= 4 is 11.9 Å². The van der Waals surface area contributed by atoms with Gasteiger partial charge in [-0.1, -0.05) is 35.5 Å². The van der Waals surface area contributed by atoms with Crippen LogP contribution in [0.25, 0.3) is 0 Å². The lowest BCUT2D eigenvalue weighted by Gasteiger charge is -2.31. The van der Waals surface area contributed by atoms with E-state index in [1.807, 2.05) is 24.8 Å². The summed E-state index contributed by atoms with van der Waals surface area (Å²) in [4.78, 5) is 26.0. The zero-order valence-electron chi connectivity index (χ0n) is 19.1.